The van der Waals surface area contributed by atoms with E-state index < -0.39 is 32.5 Å². The Morgan fingerprint density at radius 1 is 0.456 bits per heavy atom. The van der Waals surface area contributed by atoms with E-state index in [4.69, 9.17) is 19.3 Å². The van der Waals surface area contributed by atoms with Crippen LogP contribution in [0.1, 0.15) is 251 Å². The summed E-state index contributed by atoms with van der Waals surface area (Å²) in [4.78, 5) is 43.0. The van der Waals surface area contributed by atoms with Gasteiger partial charge < -0.3 is 19.3 Å². The van der Waals surface area contributed by atoms with Crippen LogP contribution in [0.5, 0.6) is 0 Å². The van der Waals surface area contributed by atoms with Gasteiger partial charge in [-0.1, -0.05) is 218 Å². The zero-order valence-corrected chi connectivity index (χ0v) is 38.1. The maximum Gasteiger partial charge on any atom is 0.469 e. The molecule has 9 heteroatoms. The summed E-state index contributed by atoms with van der Waals surface area (Å²) in [6.45, 7) is 3.70. The Labute approximate surface area is 351 Å². The molecule has 8 nitrogen and oxygen atoms in total. The third kappa shape index (κ3) is 47.1. The Hall–Kier alpha value is -1.47. The molecule has 0 aliphatic carbocycles. The molecular weight excluding hydrogens is 735 g/mol. The van der Waals surface area contributed by atoms with Crippen LogP contribution in [0.15, 0.2) is 24.3 Å². The number of unbranched alkanes of at least 4 members (excludes halogenated alkanes) is 31. The van der Waals surface area contributed by atoms with E-state index >= 15 is 0 Å². The second kappa shape index (κ2) is 44.1. The molecule has 0 saturated heterocycles. The summed E-state index contributed by atoms with van der Waals surface area (Å²) in [5, 5.41) is 0. The van der Waals surface area contributed by atoms with Crippen LogP contribution in [-0.2, 0) is 28.2 Å². The van der Waals surface area contributed by atoms with Crippen molar-refractivity contribution in [2.75, 3.05) is 13.2 Å². The SMILES string of the molecule is CCCCC/C=C/C/C=C/CCCCCCCCCCCC(=O)OC[C@H](COP(=O)(O)O)OC(=O)CCCCCCCCCCCCCCCCCCCCCC. The molecule has 0 aromatic rings. The molecule has 0 aliphatic heterocycles. The third-order valence-electron chi connectivity index (χ3n) is 10.7. The molecule has 0 saturated carbocycles. The first-order valence-corrected chi connectivity index (χ1v) is 25.7. The van der Waals surface area contributed by atoms with Crippen LogP contribution in [0.2, 0.25) is 0 Å². The number of ether oxygens (including phenoxy) is 2. The van der Waals surface area contributed by atoms with Crippen molar-refractivity contribution in [1.82, 2.24) is 0 Å². The molecule has 0 spiro atoms. The molecule has 0 fully saturated rings. The quantitative estimate of drug-likeness (QED) is 0.0270. The van der Waals surface area contributed by atoms with Gasteiger partial charge in [-0.3, -0.25) is 14.1 Å². The van der Waals surface area contributed by atoms with Gasteiger partial charge in [0.2, 0.25) is 0 Å². The molecule has 0 radical (unpaired) electrons. The molecule has 0 bridgehead atoms. The smallest absolute Gasteiger partial charge is 0.462 e. The molecule has 0 unspecified atom stereocenters. The fourth-order valence-electron chi connectivity index (χ4n) is 7.11. The second-order valence-electron chi connectivity index (χ2n) is 16.4. The first kappa shape index (κ1) is 55.5. The van der Waals surface area contributed by atoms with Gasteiger partial charge in [-0.15, -0.1) is 0 Å². The lowest BCUT2D eigenvalue weighted by molar-refractivity contribution is -0.161. The molecule has 1 atom stereocenters. The van der Waals surface area contributed by atoms with E-state index in [9.17, 15) is 14.2 Å². The van der Waals surface area contributed by atoms with E-state index in [1.54, 1.807) is 0 Å². The van der Waals surface area contributed by atoms with E-state index in [0.29, 0.717) is 6.42 Å². The van der Waals surface area contributed by atoms with Gasteiger partial charge in [0.15, 0.2) is 6.10 Å². The van der Waals surface area contributed by atoms with Gasteiger partial charge in [0.1, 0.15) is 6.61 Å². The van der Waals surface area contributed by atoms with Gasteiger partial charge in [0, 0.05) is 12.8 Å². The van der Waals surface area contributed by atoms with Crippen molar-refractivity contribution in [2.45, 2.75) is 258 Å². The molecule has 0 amide bonds. The first-order chi connectivity index (χ1) is 27.8. The van der Waals surface area contributed by atoms with Gasteiger partial charge in [0.25, 0.3) is 0 Å². The maximum absolute atomic E-state index is 12.5. The van der Waals surface area contributed by atoms with Crippen molar-refractivity contribution in [1.29, 1.82) is 0 Å². The van der Waals surface area contributed by atoms with Crippen LogP contribution in [0.3, 0.4) is 0 Å². The zero-order chi connectivity index (χ0) is 41.8. The predicted octanol–water partition coefficient (Wildman–Crippen LogP) is 15.1. The van der Waals surface area contributed by atoms with Crippen molar-refractivity contribution < 1.29 is 37.9 Å². The fourth-order valence-corrected chi connectivity index (χ4v) is 7.47. The lowest BCUT2D eigenvalue weighted by Gasteiger charge is -2.18. The van der Waals surface area contributed by atoms with Gasteiger partial charge in [-0.05, 0) is 44.9 Å². The summed E-state index contributed by atoms with van der Waals surface area (Å²) in [6.07, 6.45) is 51.9. The maximum atomic E-state index is 12.5. The highest BCUT2D eigenvalue weighted by atomic mass is 31.2. The van der Waals surface area contributed by atoms with Crippen LogP contribution >= 0.6 is 7.82 Å². The normalized spacial score (nSPS) is 12.6. The molecule has 2 N–H and O–H groups in total. The summed E-state index contributed by atoms with van der Waals surface area (Å²) in [5.41, 5.74) is 0. The predicted molar refractivity (Wildman–Crippen MR) is 239 cm³/mol. The van der Waals surface area contributed by atoms with Crippen LogP contribution in [0.25, 0.3) is 0 Å². The van der Waals surface area contributed by atoms with E-state index in [0.717, 1.165) is 44.9 Å². The number of rotatable bonds is 45. The summed E-state index contributed by atoms with van der Waals surface area (Å²) in [5.74, 6) is -0.876. The number of phosphoric acid groups is 1. The molecule has 0 rings (SSSR count). The summed E-state index contributed by atoms with van der Waals surface area (Å²) >= 11 is 0. The lowest BCUT2D eigenvalue weighted by atomic mass is 10.0. The average molecular weight is 827 g/mol. The number of hydrogen-bond acceptors (Lipinski definition) is 6. The van der Waals surface area contributed by atoms with Crippen LogP contribution < -0.4 is 0 Å². The number of phosphoric ester groups is 1. The number of esters is 2. The first-order valence-electron chi connectivity index (χ1n) is 24.1. The molecule has 0 heterocycles. The van der Waals surface area contributed by atoms with Crippen molar-refractivity contribution in [3.8, 4) is 0 Å². The highest BCUT2D eigenvalue weighted by Gasteiger charge is 2.23. The largest absolute Gasteiger partial charge is 0.469 e. The zero-order valence-electron chi connectivity index (χ0n) is 37.3. The molecular formula is C48H91O8P. The van der Waals surface area contributed by atoms with Crippen molar-refractivity contribution >= 4 is 19.8 Å². The number of allylic oxidation sites excluding steroid dienone is 4. The minimum absolute atomic E-state index is 0.216. The molecule has 0 aromatic heterocycles. The van der Waals surface area contributed by atoms with E-state index in [-0.39, 0.29) is 19.4 Å². The van der Waals surface area contributed by atoms with Crippen molar-refractivity contribution in [2.24, 2.45) is 0 Å². The monoisotopic (exact) mass is 827 g/mol. The summed E-state index contributed by atoms with van der Waals surface area (Å²) in [6, 6.07) is 0. The molecule has 57 heavy (non-hydrogen) atoms. The average Bonchev–Trinajstić information content (AvgIpc) is 3.18. The molecule has 336 valence electrons. The van der Waals surface area contributed by atoms with Gasteiger partial charge in [0.05, 0.1) is 6.61 Å². The highest BCUT2D eigenvalue weighted by molar-refractivity contribution is 7.46. The minimum Gasteiger partial charge on any atom is -0.462 e. The summed E-state index contributed by atoms with van der Waals surface area (Å²) in [7, 11) is -4.76. The Morgan fingerprint density at radius 3 is 1.19 bits per heavy atom. The standard InChI is InChI=1S/C48H91O8P/c1-3-5-7-9-11-13-15-17-19-21-23-25-27-29-31-33-35-37-39-41-43-48(50)56-46(45-55-57(51,52)53)44-54-47(49)42-40-38-36-34-32-30-28-26-24-22-20-18-16-14-12-10-8-6-4-2/h12,14,18,20,46H,3-11,13,15-17,19,21-45H2,1-2H3,(H2,51,52,53)/b14-12+,20-18+/t46-/m1/s1. The Kier molecular flexibility index (Phi) is 43.0. The molecule has 0 aromatic carbocycles. The van der Waals surface area contributed by atoms with Crippen LogP contribution in [-0.4, -0.2) is 41.0 Å². The summed E-state index contributed by atoms with van der Waals surface area (Å²) < 4.78 is 26.5. The Balaban J connectivity index is 3.82. The Bertz CT molecular complexity index is 977. The lowest BCUT2D eigenvalue weighted by Crippen LogP contribution is -2.29. The minimum atomic E-state index is -4.76. The van der Waals surface area contributed by atoms with E-state index in [1.165, 1.54) is 173 Å². The number of carbonyl (C=O) groups is 2. The van der Waals surface area contributed by atoms with E-state index in [1.807, 2.05) is 0 Å². The second-order valence-corrected chi connectivity index (χ2v) is 17.7. The van der Waals surface area contributed by atoms with Crippen LogP contribution in [0.4, 0.5) is 0 Å². The number of carbonyl (C=O) groups excluding carboxylic acids is 2. The van der Waals surface area contributed by atoms with Crippen LogP contribution in [0, 0.1) is 0 Å². The van der Waals surface area contributed by atoms with Crippen molar-refractivity contribution in [3.05, 3.63) is 24.3 Å². The van der Waals surface area contributed by atoms with Gasteiger partial charge >= 0.3 is 19.8 Å². The van der Waals surface area contributed by atoms with E-state index in [2.05, 4.69) is 42.7 Å². The van der Waals surface area contributed by atoms with Crippen molar-refractivity contribution in [3.63, 3.8) is 0 Å². The molecule has 0 aliphatic rings. The van der Waals surface area contributed by atoms with Gasteiger partial charge in [-0.25, -0.2) is 4.57 Å². The fraction of sp³-hybridized carbons (Fsp3) is 0.875. The highest BCUT2D eigenvalue weighted by Crippen LogP contribution is 2.36. The third-order valence-corrected chi connectivity index (χ3v) is 11.2. The Morgan fingerprint density at radius 2 is 0.789 bits per heavy atom. The number of hydrogen-bond donors (Lipinski definition) is 2. The topological polar surface area (TPSA) is 119 Å². The van der Waals surface area contributed by atoms with Gasteiger partial charge in [-0.2, -0.15) is 0 Å².